The molecular weight excluding hydrogens is 396 g/mol. The van der Waals surface area contributed by atoms with Gasteiger partial charge in [-0.05, 0) is 35.4 Å². The molecule has 2 aliphatic heterocycles. The summed E-state index contributed by atoms with van der Waals surface area (Å²) in [6.07, 6.45) is -7.09. The number of benzene rings is 2. The first-order chi connectivity index (χ1) is 12.2. The van der Waals surface area contributed by atoms with Gasteiger partial charge in [0.2, 0.25) is 0 Å². The fraction of sp³-hybridized carbons (Fsp3) is 0.250. The summed E-state index contributed by atoms with van der Waals surface area (Å²) in [5.74, 6) is 0.158. The molecule has 4 N–H and O–H groups in total. The van der Waals surface area contributed by atoms with Crippen molar-refractivity contribution in [2.24, 2.45) is 11.5 Å². The Morgan fingerprint density at radius 2 is 0.963 bits per heavy atom. The van der Waals surface area contributed by atoms with E-state index in [9.17, 15) is 17.6 Å². The molecule has 2 aliphatic rings. The van der Waals surface area contributed by atoms with Crippen LogP contribution in [0.4, 0.5) is 17.6 Å². The van der Waals surface area contributed by atoms with Crippen molar-refractivity contribution < 1.29 is 36.5 Å². The van der Waals surface area contributed by atoms with E-state index in [1.165, 1.54) is 24.3 Å². The van der Waals surface area contributed by atoms with E-state index < -0.39 is 12.6 Å². The molecule has 0 aliphatic carbocycles. The van der Waals surface area contributed by atoms with E-state index >= 15 is 0 Å². The molecule has 0 amide bonds. The lowest BCUT2D eigenvalue weighted by molar-refractivity contribution is -0.287. The summed E-state index contributed by atoms with van der Waals surface area (Å²) in [5.41, 5.74) is 12.1. The molecule has 11 heteroatoms. The van der Waals surface area contributed by atoms with Crippen LogP contribution in [-0.2, 0) is 13.1 Å². The van der Waals surface area contributed by atoms with E-state index in [2.05, 4.69) is 18.9 Å². The molecule has 0 spiro atoms. The van der Waals surface area contributed by atoms with E-state index in [-0.39, 0.29) is 48.5 Å². The van der Waals surface area contributed by atoms with Crippen LogP contribution in [0.1, 0.15) is 11.1 Å². The van der Waals surface area contributed by atoms with Gasteiger partial charge in [0.15, 0.2) is 23.0 Å². The average molecular weight is 411 g/mol. The number of ether oxygens (including phenoxy) is 4. The Morgan fingerprint density at radius 3 is 1.30 bits per heavy atom. The first-order valence-corrected chi connectivity index (χ1v) is 7.39. The fourth-order valence-corrected chi connectivity index (χ4v) is 2.24. The van der Waals surface area contributed by atoms with Gasteiger partial charge in [0, 0.05) is 13.1 Å². The summed E-state index contributed by atoms with van der Waals surface area (Å²) in [4.78, 5) is 0. The topological polar surface area (TPSA) is 89.0 Å². The van der Waals surface area contributed by atoms with Crippen molar-refractivity contribution >= 4 is 12.4 Å². The normalized spacial score (nSPS) is 16.8. The smallest absolute Gasteiger partial charge is 0.395 e. The molecule has 2 aromatic carbocycles. The molecule has 0 radical (unpaired) electrons. The number of alkyl halides is 4. The Balaban J connectivity index is 0.000000187. The molecule has 4 rings (SSSR count). The lowest BCUT2D eigenvalue weighted by Gasteiger charge is -2.04. The number of nitrogens with two attached hydrogens (primary N) is 2. The second kappa shape index (κ2) is 7.67. The van der Waals surface area contributed by atoms with Crippen LogP contribution in [-0.4, -0.2) is 12.6 Å². The number of hydrogen-bond donors (Lipinski definition) is 2. The summed E-state index contributed by atoms with van der Waals surface area (Å²) in [6.45, 7) is 0.560. The number of rotatable bonds is 2. The van der Waals surface area contributed by atoms with Gasteiger partial charge in [0.05, 0.1) is 0 Å². The van der Waals surface area contributed by atoms with E-state index in [1.54, 1.807) is 12.1 Å². The van der Waals surface area contributed by atoms with Crippen LogP contribution in [0.2, 0.25) is 0 Å². The lowest BCUT2D eigenvalue weighted by atomic mass is 10.2. The quantitative estimate of drug-likeness (QED) is 0.738. The minimum absolute atomic E-state index is 0. The molecule has 0 saturated carbocycles. The standard InChI is InChI=1S/2C8H7F2NO2.ClH/c2*9-8(10)12-6-2-1-5(4-11)3-7(6)13-8;/h2*1-3H,4,11H2;1H. The Kier molecular flexibility index (Phi) is 5.93. The van der Waals surface area contributed by atoms with E-state index in [4.69, 9.17) is 11.5 Å². The molecule has 0 fully saturated rings. The Hall–Kier alpha value is -2.43. The van der Waals surface area contributed by atoms with Crippen LogP contribution in [0.25, 0.3) is 0 Å². The Labute approximate surface area is 157 Å². The second-order valence-electron chi connectivity index (χ2n) is 5.31. The van der Waals surface area contributed by atoms with Crippen LogP contribution < -0.4 is 30.4 Å². The summed E-state index contributed by atoms with van der Waals surface area (Å²) in [6, 6.07) is 8.94. The monoisotopic (exact) mass is 410 g/mol. The second-order valence-corrected chi connectivity index (χ2v) is 5.31. The predicted molar refractivity (Wildman–Crippen MR) is 88.3 cm³/mol. The lowest BCUT2D eigenvalue weighted by Crippen LogP contribution is -2.25. The van der Waals surface area contributed by atoms with Crippen LogP contribution in [0.5, 0.6) is 23.0 Å². The highest BCUT2D eigenvalue weighted by molar-refractivity contribution is 5.85. The largest absolute Gasteiger partial charge is 0.586 e. The first-order valence-electron chi connectivity index (χ1n) is 7.39. The van der Waals surface area contributed by atoms with Crippen molar-refractivity contribution in [3.63, 3.8) is 0 Å². The van der Waals surface area contributed by atoms with E-state index in [1.807, 2.05) is 0 Å². The van der Waals surface area contributed by atoms with Gasteiger partial charge in [-0.1, -0.05) is 12.1 Å². The van der Waals surface area contributed by atoms with Crippen molar-refractivity contribution in [3.8, 4) is 23.0 Å². The van der Waals surface area contributed by atoms with Crippen molar-refractivity contribution in [2.75, 3.05) is 0 Å². The molecule has 0 unspecified atom stereocenters. The van der Waals surface area contributed by atoms with Crippen molar-refractivity contribution in [2.45, 2.75) is 25.7 Å². The van der Waals surface area contributed by atoms with Crippen molar-refractivity contribution in [1.82, 2.24) is 0 Å². The minimum atomic E-state index is -3.55. The molecule has 0 aromatic heterocycles. The molecular formula is C16H15ClF4N2O4. The van der Waals surface area contributed by atoms with E-state index in [0.717, 1.165) is 11.1 Å². The van der Waals surface area contributed by atoms with Gasteiger partial charge in [-0.15, -0.1) is 30.0 Å². The maximum absolute atomic E-state index is 12.5. The zero-order valence-corrected chi connectivity index (χ0v) is 14.4. The van der Waals surface area contributed by atoms with Crippen LogP contribution in [0.15, 0.2) is 36.4 Å². The maximum Gasteiger partial charge on any atom is 0.586 e. The summed E-state index contributed by atoms with van der Waals surface area (Å²) in [5, 5.41) is 0. The molecule has 0 saturated heterocycles. The van der Waals surface area contributed by atoms with Gasteiger partial charge >= 0.3 is 12.6 Å². The molecule has 2 heterocycles. The zero-order chi connectivity index (χ0) is 18.9. The van der Waals surface area contributed by atoms with Crippen molar-refractivity contribution in [3.05, 3.63) is 47.5 Å². The predicted octanol–water partition coefficient (Wildman–Crippen LogP) is 3.36. The molecule has 148 valence electrons. The van der Waals surface area contributed by atoms with Gasteiger partial charge in [0.25, 0.3) is 0 Å². The third-order valence-corrected chi connectivity index (χ3v) is 3.40. The third-order valence-electron chi connectivity index (χ3n) is 3.40. The van der Waals surface area contributed by atoms with Gasteiger partial charge in [-0.2, -0.15) is 0 Å². The van der Waals surface area contributed by atoms with Crippen LogP contribution in [0.3, 0.4) is 0 Å². The Morgan fingerprint density at radius 1 is 0.630 bits per heavy atom. The molecule has 2 aromatic rings. The van der Waals surface area contributed by atoms with Crippen LogP contribution >= 0.6 is 12.4 Å². The zero-order valence-electron chi connectivity index (χ0n) is 13.6. The maximum atomic E-state index is 12.5. The summed E-state index contributed by atoms with van der Waals surface area (Å²) < 4.78 is 66.8. The molecule has 0 atom stereocenters. The fourth-order valence-electron chi connectivity index (χ4n) is 2.24. The third kappa shape index (κ3) is 4.85. The highest BCUT2D eigenvalue weighted by atomic mass is 35.5. The number of halogens is 5. The number of hydrogen-bond acceptors (Lipinski definition) is 6. The Bertz CT molecular complexity index is 756. The summed E-state index contributed by atoms with van der Waals surface area (Å²) in [7, 11) is 0. The highest BCUT2D eigenvalue weighted by Crippen LogP contribution is 2.42. The van der Waals surface area contributed by atoms with Gasteiger partial charge in [0.1, 0.15) is 0 Å². The van der Waals surface area contributed by atoms with Gasteiger partial charge in [-0.3, -0.25) is 0 Å². The first kappa shape index (κ1) is 20.9. The van der Waals surface area contributed by atoms with Gasteiger partial charge < -0.3 is 30.4 Å². The number of fused-ring (bicyclic) bond motifs is 2. The SMILES string of the molecule is Cl.NCc1ccc2c(c1)OC(F)(F)O2.NCc1ccc2c(c1)OC(F)(F)O2. The molecule has 27 heavy (non-hydrogen) atoms. The minimum Gasteiger partial charge on any atom is -0.395 e. The molecule has 0 bridgehead atoms. The van der Waals surface area contributed by atoms with Crippen molar-refractivity contribution in [1.29, 1.82) is 0 Å². The van der Waals surface area contributed by atoms with Gasteiger partial charge in [-0.25, -0.2) is 0 Å². The molecule has 6 nitrogen and oxygen atoms in total. The highest BCUT2D eigenvalue weighted by Gasteiger charge is 2.44. The van der Waals surface area contributed by atoms with E-state index in [0.29, 0.717) is 0 Å². The van der Waals surface area contributed by atoms with Crippen LogP contribution in [0, 0.1) is 0 Å². The average Bonchev–Trinajstić information content (AvgIpc) is 3.05. The summed E-state index contributed by atoms with van der Waals surface area (Å²) >= 11 is 0.